The molecule has 3 aromatic rings. The molecule has 3 aromatic carbocycles. The quantitative estimate of drug-likeness (QED) is 0.588. The Morgan fingerprint density at radius 2 is 1.04 bits per heavy atom. The molecule has 0 saturated carbocycles. The SMILES string of the molecule is O=C(CC(c1ccccc1)(c1ccccc1)c1ccccc1)N1CCCC1. The molecule has 0 aliphatic carbocycles. The van der Waals surface area contributed by atoms with E-state index >= 15 is 0 Å². The van der Waals surface area contributed by atoms with Crippen molar-refractivity contribution >= 4 is 5.91 Å². The number of carbonyl (C=O) groups excluding carboxylic acids is 1. The van der Waals surface area contributed by atoms with Crippen LogP contribution in [0, 0.1) is 0 Å². The third-order valence-electron chi connectivity index (χ3n) is 5.67. The monoisotopic (exact) mass is 355 g/mol. The van der Waals surface area contributed by atoms with E-state index in [4.69, 9.17) is 0 Å². The molecule has 1 saturated heterocycles. The fourth-order valence-corrected chi connectivity index (χ4v) is 4.28. The number of nitrogens with zero attached hydrogens (tertiary/aromatic N) is 1. The van der Waals surface area contributed by atoms with Crippen LogP contribution in [0.5, 0.6) is 0 Å². The highest BCUT2D eigenvalue weighted by Gasteiger charge is 2.39. The molecular weight excluding hydrogens is 330 g/mol. The highest BCUT2D eigenvalue weighted by atomic mass is 16.2. The summed E-state index contributed by atoms with van der Waals surface area (Å²) in [6.45, 7) is 1.76. The maximum atomic E-state index is 13.3. The van der Waals surface area contributed by atoms with Gasteiger partial charge in [0.25, 0.3) is 0 Å². The zero-order valence-electron chi connectivity index (χ0n) is 15.6. The van der Waals surface area contributed by atoms with Gasteiger partial charge in [-0.1, -0.05) is 91.0 Å². The number of rotatable bonds is 5. The first kappa shape index (κ1) is 17.5. The summed E-state index contributed by atoms with van der Waals surface area (Å²) in [5.41, 5.74) is 3.00. The van der Waals surface area contributed by atoms with Crippen molar-refractivity contribution in [2.45, 2.75) is 24.7 Å². The van der Waals surface area contributed by atoms with Gasteiger partial charge < -0.3 is 4.90 Å². The average molecular weight is 355 g/mol. The average Bonchev–Trinajstić information content (AvgIpc) is 3.29. The predicted octanol–water partition coefficient (Wildman–Crippen LogP) is 5.03. The summed E-state index contributed by atoms with van der Waals surface area (Å²) in [5, 5.41) is 0. The standard InChI is InChI=1S/C25H25NO/c27-24(26-18-10-11-19-26)20-25(21-12-4-1-5-13-21,22-14-6-2-7-15-22)23-16-8-3-9-17-23/h1-9,12-17H,10-11,18-20H2. The second-order valence-corrected chi connectivity index (χ2v) is 7.27. The summed E-state index contributed by atoms with van der Waals surface area (Å²) in [6, 6.07) is 31.4. The maximum absolute atomic E-state index is 13.3. The Bertz CT molecular complexity index is 771. The first-order valence-electron chi connectivity index (χ1n) is 9.75. The summed E-state index contributed by atoms with van der Waals surface area (Å²) >= 11 is 0. The van der Waals surface area contributed by atoms with Gasteiger partial charge in [-0.15, -0.1) is 0 Å². The normalized spacial score (nSPS) is 14.3. The fourth-order valence-electron chi connectivity index (χ4n) is 4.28. The number of hydrogen-bond acceptors (Lipinski definition) is 1. The summed E-state index contributed by atoms with van der Waals surface area (Å²) in [4.78, 5) is 15.3. The van der Waals surface area contributed by atoms with Crippen molar-refractivity contribution < 1.29 is 4.79 Å². The van der Waals surface area contributed by atoms with Gasteiger partial charge in [-0.2, -0.15) is 0 Å². The molecule has 136 valence electrons. The van der Waals surface area contributed by atoms with E-state index in [9.17, 15) is 4.79 Å². The zero-order valence-corrected chi connectivity index (χ0v) is 15.6. The second-order valence-electron chi connectivity index (χ2n) is 7.27. The Kier molecular flexibility index (Phi) is 5.06. The van der Waals surface area contributed by atoms with Gasteiger partial charge in [0, 0.05) is 19.5 Å². The topological polar surface area (TPSA) is 20.3 Å². The Morgan fingerprint density at radius 3 is 1.41 bits per heavy atom. The van der Waals surface area contributed by atoms with Gasteiger partial charge in [0.05, 0.1) is 5.41 Å². The number of likely N-dealkylation sites (tertiary alicyclic amines) is 1. The van der Waals surface area contributed by atoms with Gasteiger partial charge in [-0.3, -0.25) is 4.79 Å². The molecule has 0 unspecified atom stereocenters. The van der Waals surface area contributed by atoms with Gasteiger partial charge in [0.2, 0.25) is 5.91 Å². The van der Waals surface area contributed by atoms with E-state index in [0.717, 1.165) is 42.6 Å². The van der Waals surface area contributed by atoms with Gasteiger partial charge >= 0.3 is 0 Å². The van der Waals surface area contributed by atoms with E-state index in [2.05, 4.69) is 72.8 Å². The molecule has 0 N–H and O–H groups in total. The molecule has 0 atom stereocenters. The Balaban J connectivity index is 1.90. The van der Waals surface area contributed by atoms with Gasteiger partial charge in [0.1, 0.15) is 0 Å². The fraction of sp³-hybridized carbons (Fsp3) is 0.240. The lowest BCUT2D eigenvalue weighted by Crippen LogP contribution is -2.38. The summed E-state index contributed by atoms with van der Waals surface area (Å²) < 4.78 is 0. The minimum absolute atomic E-state index is 0.240. The molecule has 2 nitrogen and oxygen atoms in total. The van der Waals surface area contributed by atoms with E-state index in [1.54, 1.807) is 0 Å². The zero-order chi connectivity index (χ0) is 18.5. The number of amides is 1. The van der Waals surface area contributed by atoms with E-state index < -0.39 is 5.41 Å². The molecule has 0 radical (unpaired) electrons. The van der Waals surface area contributed by atoms with E-state index in [-0.39, 0.29) is 5.91 Å². The molecule has 0 aromatic heterocycles. The minimum Gasteiger partial charge on any atom is -0.343 e. The third kappa shape index (κ3) is 3.40. The van der Waals surface area contributed by atoms with Crippen LogP contribution in [0.3, 0.4) is 0 Å². The van der Waals surface area contributed by atoms with Gasteiger partial charge in [-0.05, 0) is 29.5 Å². The van der Waals surface area contributed by atoms with Crippen LogP contribution in [0.25, 0.3) is 0 Å². The van der Waals surface area contributed by atoms with E-state index in [0.29, 0.717) is 6.42 Å². The Labute approximate surface area is 161 Å². The van der Waals surface area contributed by atoms with E-state index in [1.165, 1.54) is 0 Å². The largest absolute Gasteiger partial charge is 0.343 e. The first-order valence-corrected chi connectivity index (χ1v) is 9.75. The third-order valence-corrected chi connectivity index (χ3v) is 5.67. The van der Waals surface area contributed by atoms with Crippen molar-refractivity contribution in [3.63, 3.8) is 0 Å². The highest BCUT2D eigenvalue weighted by molar-refractivity contribution is 5.80. The Morgan fingerprint density at radius 1 is 0.667 bits per heavy atom. The Hall–Kier alpha value is -2.87. The van der Waals surface area contributed by atoms with Crippen molar-refractivity contribution in [2.75, 3.05) is 13.1 Å². The molecule has 1 heterocycles. The first-order chi connectivity index (χ1) is 13.3. The second kappa shape index (κ2) is 7.79. The van der Waals surface area contributed by atoms with Crippen LogP contribution < -0.4 is 0 Å². The molecular formula is C25H25NO. The van der Waals surface area contributed by atoms with Crippen LogP contribution >= 0.6 is 0 Å². The number of carbonyl (C=O) groups is 1. The van der Waals surface area contributed by atoms with Crippen LogP contribution in [0.1, 0.15) is 36.0 Å². The van der Waals surface area contributed by atoms with E-state index in [1.807, 2.05) is 23.1 Å². The molecule has 1 amide bonds. The van der Waals surface area contributed by atoms with Crippen molar-refractivity contribution in [3.05, 3.63) is 108 Å². The van der Waals surface area contributed by atoms with Crippen LogP contribution in [0.15, 0.2) is 91.0 Å². The lowest BCUT2D eigenvalue weighted by molar-refractivity contribution is -0.130. The lowest BCUT2D eigenvalue weighted by atomic mass is 9.67. The highest BCUT2D eigenvalue weighted by Crippen LogP contribution is 2.42. The number of benzene rings is 3. The van der Waals surface area contributed by atoms with Gasteiger partial charge in [0.15, 0.2) is 0 Å². The van der Waals surface area contributed by atoms with Crippen LogP contribution in [0.4, 0.5) is 0 Å². The molecule has 0 bridgehead atoms. The van der Waals surface area contributed by atoms with Gasteiger partial charge in [-0.25, -0.2) is 0 Å². The van der Waals surface area contributed by atoms with Crippen molar-refractivity contribution in [1.82, 2.24) is 4.90 Å². The molecule has 27 heavy (non-hydrogen) atoms. The molecule has 1 fully saturated rings. The van der Waals surface area contributed by atoms with Crippen LogP contribution in [-0.2, 0) is 10.2 Å². The maximum Gasteiger partial charge on any atom is 0.224 e. The summed E-state index contributed by atoms with van der Waals surface area (Å²) in [5.74, 6) is 0.240. The molecule has 0 spiro atoms. The smallest absolute Gasteiger partial charge is 0.224 e. The van der Waals surface area contributed by atoms with Crippen molar-refractivity contribution in [3.8, 4) is 0 Å². The molecule has 2 heteroatoms. The predicted molar refractivity (Wildman–Crippen MR) is 110 cm³/mol. The van der Waals surface area contributed by atoms with Crippen LogP contribution in [0.2, 0.25) is 0 Å². The molecule has 1 aliphatic heterocycles. The summed E-state index contributed by atoms with van der Waals surface area (Å²) in [6.07, 6.45) is 2.67. The minimum atomic E-state index is -0.483. The summed E-state index contributed by atoms with van der Waals surface area (Å²) in [7, 11) is 0. The van der Waals surface area contributed by atoms with Crippen LogP contribution in [-0.4, -0.2) is 23.9 Å². The lowest BCUT2D eigenvalue weighted by Gasteiger charge is -2.36. The van der Waals surface area contributed by atoms with Crippen molar-refractivity contribution in [2.24, 2.45) is 0 Å². The molecule has 1 aliphatic rings. The molecule has 4 rings (SSSR count). The number of hydrogen-bond donors (Lipinski definition) is 0. The van der Waals surface area contributed by atoms with Crippen molar-refractivity contribution in [1.29, 1.82) is 0 Å².